The number of thioether (sulfide) groups is 1. The second-order valence-electron chi connectivity index (χ2n) is 9.67. The normalized spacial score (nSPS) is 34.2. The Balaban J connectivity index is 1.63. The molecule has 2 aliphatic heterocycles. The van der Waals surface area contributed by atoms with Crippen LogP contribution in [0.4, 0.5) is 0 Å². The first-order chi connectivity index (χ1) is 13.8. The van der Waals surface area contributed by atoms with Crippen LogP contribution in [0.1, 0.15) is 65.7 Å². The van der Waals surface area contributed by atoms with Crippen LogP contribution < -0.4 is 5.32 Å². The topological polar surface area (TPSA) is 67.8 Å². The van der Waals surface area contributed by atoms with Crippen LogP contribution in [0.2, 0.25) is 0 Å². The Morgan fingerprint density at radius 2 is 2.00 bits per heavy atom. The van der Waals surface area contributed by atoms with Crippen molar-refractivity contribution in [2.75, 3.05) is 0 Å². The van der Waals surface area contributed by atoms with Crippen LogP contribution in [0.25, 0.3) is 0 Å². The Morgan fingerprint density at radius 3 is 2.72 bits per heavy atom. The molecule has 1 N–H and O–H groups in total. The molecule has 2 fully saturated rings. The van der Waals surface area contributed by atoms with Gasteiger partial charge >= 0.3 is 5.97 Å². The number of esters is 1. The first-order valence-corrected chi connectivity index (χ1v) is 11.8. The van der Waals surface area contributed by atoms with E-state index in [0.717, 1.165) is 44.2 Å². The molecule has 1 spiro atoms. The maximum atomic E-state index is 13.5. The molecule has 0 bridgehead atoms. The maximum Gasteiger partial charge on any atom is 0.320 e. The molecule has 2 heterocycles. The van der Waals surface area contributed by atoms with Gasteiger partial charge in [-0.15, -0.1) is 11.8 Å². The van der Waals surface area contributed by atoms with E-state index in [1.165, 1.54) is 6.42 Å². The van der Waals surface area contributed by atoms with Crippen LogP contribution in [0, 0.1) is 11.8 Å². The van der Waals surface area contributed by atoms with Gasteiger partial charge in [-0.05, 0) is 58.4 Å². The summed E-state index contributed by atoms with van der Waals surface area (Å²) in [6, 6.07) is 0.232. The van der Waals surface area contributed by atoms with Gasteiger partial charge in [0, 0.05) is 12.3 Å². The zero-order valence-corrected chi connectivity index (χ0v) is 18.5. The van der Waals surface area contributed by atoms with Crippen molar-refractivity contribution in [1.29, 1.82) is 0 Å². The number of nitrogens with one attached hydrogen (secondary N) is 1. The molecule has 4 aliphatic rings. The lowest BCUT2D eigenvalue weighted by Gasteiger charge is -2.39. The lowest BCUT2D eigenvalue weighted by Crippen LogP contribution is -2.48. The molecule has 0 aromatic heterocycles. The molecular formula is C23H32N2O3S. The zero-order valence-electron chi connectivity index (χ0n) is 17.6. The summed E-state index contributed by atoms with van der Waals surface area (Å²) in [7, 11) is 0. The molecule has 1 amide bonds. The number of rotatable bonds is 3. The smallest absolute Gasteiger partial charge is 0.320 e. The highest BCUT2D eigenvalue weighted by molar-refractivity contribution is 8.02. The Kier molecular flexibility index (Phi) is 5.66. The summed E-state index contributed by atoms with van der Waals surface area (Å²) < 4.78 is 5.45. The van der Waals surface area contributed by atoms with Crippen molar-refractivity contribution in [2.45, 2.75) is 87.4 Å². The number of hydrogen-bond acceptors (Lipinski definition) is 5. The number of carbonyl (C=O) groups excluding carboxylic acids is 2. The highest BCUT2D eigenvalue weighted by atomic mass is 32.2. The SMILES string of the molecule is CC(C)(C)OC(=O)C1SC23CC=CC=C2N=CCC3C1C(=O)NC1CCCCC1. The number of aliphatic imine (C=N–C) groups is 1. The van der Waals surface area contributed by atoms with Gasteiger partial charge in [-0.3, -0.25) is 14.6 Å². The molecule has 1 saturated heterocycles. The van der Waals surface area contributed by atoms with E-state index in [1.807, 2.05) is 39.1 Å². The third-order valence-corrected chi connectivity index (χ3v) is 8.26. The molecule has 29 heavy (non-hydrogen) atoms. The Labute approximate surface area is 177 Å². The molecule has 0 radical (unpaired) electrons. The number of amides is 1. The molecule has 4 unspecified atom stereocenters. The molecule has 5 nitrogen and oxygen atoms in total. The molecule has 158 valence electrons. The van der Waals surface area contributed by atoms with Crippen molar-refractivity contribution in [3.05, 3.63) is 23.9 Å². The van der Waals surface area contributed by atoms with E-state index >= 15 is 0 Å². The highest BCUT2D eigenvalue weighted by Crippen LogP contribution is 2.60. The highest BCUT2D eigenvalue weighted by Gasteiger charge is 2.61. The first kappa shape index (κ1) is 20.7. The van der Waals surface area contributed by atoms with Gasteiger partial charge in [0.05, 0.1) is 16.4 Å². The van der Waals surface area contributed by atoms with Crippen molar-refractivity contribution in [1.82, 2.24) is 5.32 Å². The molecule has 2 aliphatic carbocycles. The molecule has 1 saturated carbocycles. The Morgan fingerprint density at radius 1 is 1.24 bits per heavy atom. The fourth-order valence-electron chi connectivity index (χ4n) is 5.16. The van der Waals surface area contributed by atoms with Gasteiger partial charge in [-0.1, -0.05) is 31.4 Å². The minimum absolute atomic E-state index is 0.0198. The van der Waals surface area contributed by atoms with Gasteiger partial charge in [-0.25, -0.2) is 0 Å². The van der Waals surface area contributed by atoms with Crippen LogP contribution in [-0.4, -0.2) is 39.7 Å². The van der Waals surface area contributed by atoms with Gasteiger partial charge < -0.3 is 10.1 Å². The predicted octanol–water partition coefficient (Wildman–Crippen LogP) is 4.18. The number of allylic oxidation sites excluding steroid dienone is 3. The summed E-state index contributed by atoms with van der Waals surface area (Å²) in [6.45, 7) is 5.64. The summed E-state index contributed by atoms with van der Waals surface area (Å²) in [5.74, 6) is -0.587. The fourth-order valence-corrected chi connectivity index (χ4v) is 7.07. The second kappa shape index (κ2) is 7.93. The average molecular weight is 417 g/mol. The van der Waals surface area contributed by atoms with Crippen LogP contribution >= 0.6 is 11.8 Å². The van der Waals surface area contributed by atoms with Crippen molar-refractivity contribution in [3.63, 3.8) is 0 Å². The largest absolute Gasteiger partial charge is 0.459 e. The van der Waals surface area contributed by atoms with E-state index in [2.05, 4.69) is 16.4 Å². The van der Waals surface area contributed by atoms with Crippen LogP contribution in [0.15, 0.2) is 28.9 Å². The second-order valence-corrected chi connectivity index (χ2v) is 11.1. The zero-order chi connectivity index (χ0) is 20.6. The lowest BCUT2D eigenvalue weighted by molar-refractivity contribution is -0.157. The summed E-state index contributed by atoms with van der Waals surface area (Å²) >= 11 is 1.60. The third kappa shape index (κ3) is 4.05. The number of carbonyl (C=O) groups is 2. The molecule has 4 rings (SSSR count). The van der Waals surface area contributed by atoms with Crippen molar-refractivity contribution < 1.29 is 14.3 Å². The van der Waals surface area contributed by atoms with Gasteiger partial charge in [0.1, 0.15) is 10.9 Å². The van der Waals surface area contributed by atoms with Crippen molar-refractivity contribution in [3.8, 4) is 0 Å². The monoisotopic (exact) mass is 416 g/mol. The standard InChI is InChI=1S/C23H32N2O3S/c1-22(2,3)28-21(27)19-18(20(26)25-15-9-5-4-6-10-15)16-12-14-24-17-11-7-8-13-23(16,17)29-19/h7-8,11,14-16,18-19H,4-6,9-10,12-13H2,1-3H3,(H,25,26). The van der Waals surface area contributed by atoms with Crippen molar-refractivity contribution >= 4 is 29.9 Å². The van der Waals surface area contributed by atoms with E-state index in [0.29, 0.717) is 0 Å². The van der Waals surface area contributed by atoms with Gasteiger partial charge in [0.2, 0.25) is 5.91 Å². The third-order valence-electron chi connectivity index (χ3n) is 6.42. The van der Waals surface area contributed by atoms with E-state index < -0.39 is 16.8 Å². The molecule has 0 aromatic carbocycles. The lowest BCUT2D eigenvalue weighted by atomic mass is 9.72. The van der Waals surface area contributed by atoms with Gasteiger partial charge in [0.25, 0.3) is 0 Å². The van der Waals surface area contributed by atoms with E-state index in [-0.39, 0.29) is 28.6 Å². The number of nitrogens with zero attached hydrogens (tertiary/aromatic N) is 1. The summed E-state index contributed by atoms with van der Waals surface area (Å²) in [5.41, 5.74) is 0.414. The summed E-state index contributed by atoms with van der Waals surface area (Å²) in [5, 5.41) is 2.79. The van der Waals surface area contributed by atoms with Gasteiger partial charge in [0.15, 0.2) is 0 Å². The minimum Gasteiger partial charge on any atom is -0.459 e. The van der Waals surface area contributed by atoms with Crippen LogP contribution in [0.5, 0.6) is 0 Å². The van der Waals surface area contributed by atoms with E-state index in [9.17, 15) is 9.59 Å². The predicted molar refractivity (Wildman–Crippen MR) is 117 cm³/mol. The van der Waals surface area contributed by atoms with Crippen LogP contribution in [0.3, 0.4) is 0 Å². The maximum absolute atomic E-state index is 13.5. The quantitative estimate of drug-likeness (QED) is 0.701. The summed E-state index contributed by atoms with van der Waals surface area (Å²) in [6.07, 6.45) is 15.3. The minimum atomic E-state index is -0.574. The van der Waals surface area contributed by atoms with E-state index in [4.69, 9.17) is 4.74 Å². The fraction of sp³-hybridized carbons (Fsp3) is 0.696. The molecule has 6 heteroatoms. The number of hydrogen-bond donors (Lipinski definition) is 1. The molecular weight excluding hydrogens is 384 g/mol. The molecule has 4 atom stereocenters. The summed E-state index contributed by atoms with van der Waals surface area (Å²) in [4.78, 5) is 31.3. The average Bonchev–Trinajstić information content (AvgIpc) is 3.01. The molecule has 0 aromatic rings. The first-order valence-electron chi connectivity index (χ1n) is 10.9. The Hall–Kier alpha value is -1.56. The van der Waals surface area contributed by atoms with Crippen molar-refractivity contribution in [2.24, 2.45) is 16.8 Å². The number of ether oxygens (including phenoxy) is 1. The Bertz CT molecular complexity index is 761. The van der Waals surface area contributed by atoms with Crippen LogP contribution in [-0.2, 0) is 14.3 Å². The van der Waals surface area contributed by atoms with Gasteiger partial charge in [-0.2, -0.15) is 0 Å². The van der Waals surface area contributed by atoms with E-state index in [1.54, 1.807) is 11.8 Å².